The fourth-order valence-corrected chi connectivity index (χ4v) is 4.48. The van der Waals surface area contributed by atoms with E-state index in [9.17, 15) is 8.42 Å². The first-order chi connectivity index (χ1) is 13.1. The molecule has 7 nitrogen and oxygen atoms in total. The monoisotopic (exact) mass is 385 g/mol. The smallest absolute Gasteiger partial charge is 0.241 e. The zero-order chi connectivity index (χ0) is 18.7. The average molecular weight is 385 g/mol. The number of piperidine rings is 1. The van der Waals surface area contributed by atoms with Crippen LogP contribution in [-0.2, 0) is 10.0 Å². The van der Waals surface area contributed by atoms with Crippen molar-refractivity contribution in [2.75, 3.05) is 25.1 Å². The Hall–Kier alpha value is -2.42. The fourth-order valence-electron chi connectivity index (χ4n) is 3.44. The SMILES string of the molecule is O=S(=O)(NCN1CCCC(Nc2ccc3[nH]ncc3c2)C1)c1ccccc1. The van der Waals surface area contributed by atoms with Crippen LogP contribution in [0.5, 0.6) is 0 Å². The molecule has 1 aliphatic heterocycles. The van der Waals surface area contributed by atoms with Gasteiger partial charge in [0.2, 0.25) is 10.0 Å². The third-order valence-electron chi connectivity index (χ3n) is 4.85. The highest BCUT2D eigenvalue weighted by molar-refractivity contribution is 7.89. The van der Waals surface area contributed by atoms with Crippen LogP contribution >= 0.6 is 0 Å². The van der Waals surface area contributed by atoms with Gasteiger partial charge >= 0.3 is 0 Å². The molecule has 1 aliphatic rings. The van der Waals surface area contributed by atoms with Gasteiger partial charge in [0, 0.05) is 23.7 Å². The number of nitrogens with one attached hydrogen (secondary N) is 3. The molecule has 0 aliphatic carbocycles. The Morgan fingerprint density at radius 1 is 1.19 bits per heavy atom. The summed E-state index contributed by atoms with van der Waals surface area (Å²) < 4.78 is 27.5. The first kappa shape index (κ1) is 18.0. The van der Waals surface area contributed by atoms with Crippen molar-refractivity contribution in [3.8, 4) is 0 Å². The number of likely N-dealkylation sites (tertiary alicyclic amines) is 1. The van der Waals surface area contributed by atoms with Crippen molar-refractivity contribution in [3.05, 3.63) is 54.7 Å². The lowest BCUT2D eigenvalue weighted by molar-refractivity contribution is 0.214. The minimum atomic E-state index is -3.48. The van der Waals surface area contributed by atoms with Crippen molar-refractivity contribution >= 4 is 26.6 Å². The third kappa shape index (κ3) is 4.29. The molecule has 2 aromatic carbocycles. The largest absolute Gasteiger partial charge is 0.381 e. The van der Waals surface area contributed by atoms with Gasteiger partial charge in [-0.3, -0.25) is 10.00 Å². The van der Waals surface area contributed by atoms with Gasteiger partial charge < -0.3 is 5.32 Å². The summed E-state index contributed by atoms with van der Waals surface area (Å²) in [6, 6.07) is 14.9. The molecule has 4 rings (SSSR count). The van der Waals surface area contributed by atoms with Gasteiger partial charge in [0.1, 0.15) is 0 Å². The number of sulfonamides is 1. The lowest BCUT2D eigenvalue weighted by atomic mass is 10.1. The van der Waals surface area contributed by atoms with Crippen LogP contribution in [0.15, 0.2) is 59.6 Å². The van der Waals surface area contributed by atoms with Crippen molar-refractivity contribution in [1.82, 2.24) is 19.8 Å². The highest BCUT2D eigenvalue weighted by Crippen LogP contribution is 2.20. The standard InChI is InChI=1S/C19H23N5O2S/c25-27(26,18-6-2-1-3-7-18)21-14-24-10-4-5-17(13-24)22-16-8-9-19-15(11-16)12-20-23-19/h1-3,6-9,11-12,17,21-22H,4-5,10,13-14H2,(H,20,23). The second kappa shape index (κ2) is 7.67. The predicted molar refractivity (Wildman–Crippen MR) is 106 cm³/mol. The molecule has 1 saturated heterocycles. The minimum Gasteiger partial charge on any atom is -0.381 e. The van der Waals surface area contributed by atoms with Crippen LogP contribution in [0.25, 0.3) is 10.9 Å². The van der Waals surface area contributed by atoms with Gasteiger partial charge in [-0.15, -0.1) is 0 Å². The first-order valence-electron chi connectivity index (χ1n) is 9.07. The Morgan fingerprint density at radius 2 is 2.04 bits per heavy atom. The van der Waals surface area contributed by atoms with Crippen molar-refractivity contribution in [3.63, 3.8) is 0 Å². The molecule has 1 fully saturated rings. The van der Waals surface area contributed by atoms with Crippen LogP contribution in [0.3, 0.4) is 0 Å². The second-order valence-electron chi connectivity index (χ2n) is 6.85. The molecule has 3 aromatic rings. The van der Waals surface area contributed by atoms with Gasteiger partial charge in [-0.2, -0.15) is 9.82 Å². The Balaban J connectivity index is 1.35. The van der Waals surface area contributed by atoms with Gasteiger partial charge in [-0.25, -0.2) is 8.42 Å². The number of aromatic nitrogens is 2. The van der Waals surface area contributed by atoms with Gasteiger partial charge in [0.25, 0.3) is 0 Å². The van der Waals surface area contributed by atoms with Crippen LogP contribution in [0.1, 0.15) is 12.8 Å². The number of rotatable bonds is 6. The van der Waals surface area contributed by atoms with E-state index >= 15 is 0 Å². The van der Waals surface area contributed by atoms with Gasteiger partial charge in [-0.1, -0.05) is 18.2 Å². The Kier molecular flexibility index (Phi) is 5.11. The number of aromatic amines is 1. The fraction of sp³-hybridized carbons (Fsp3) is 0.316. The zero-order valence-corrected chi connectivity index (χ0v) is 15.7. The van der Waals surface area contributed by atoms with E-state index in [2.05, 4.69) is 31.2 Å². The van der Waals surface area contributed by atoms with Gasteiger partial charge in [0.15, 0.2) is 0 Å². The first-order valence-corrected chi connectivity index (χ1v) is 10.6. The number of hydrogen-bond acceptors (Lipinski definition) is 5. The van der Waals surface area contributed by atoms with Crippen LogP contribution in [0.4, 0.5) is 5.69 Å². The summed E-state index contributed by atoms with van der Waals surface area (Å²) in [7, 11) is -3.48. The second-order valence-corrected chi connectivity index (χ2v) is 8.62. The van der Waals surface area contributed by atoms with Gasteiger partial charge in [0.05, 0.1) is 23.3 Å². The van der Waals surface area contributed by atoms with Crippen molar-refractivity contribution in [1.29, 1.82) is 0 Å². The van der Waals surface area contributed by atoms with Crippen LogP contribution in [0, 0.1) is 0 Å². The predicted octanol–water partition coefficient (Wildman–Crippen LogP) is 2.38. The summed E-state index contributed by atoms with van der Waals surface area (Å²) in [5.41, 5.74) is 2.07. The molecule has 1 atom stereocenters. The molecule has 0 saturated carbocycles. The van der Waals surface area contributed by atoms with E-state index in [1.54, 1.807) is 30.3 Å². The summed E-state index contributed by atoms with van der Waals surface area (Å²) in [5, 5.41) is 11.6. The zero-order valence-electron chi connectivity index (χ0n) is 14.9. The molecule has 1 aromatic heterocycles. The molecule has 0 spiro atoms. The average Bonchev–Trinajstić information content (AvgIpc) is 3.15. The Morgan fingerprint density at radius 3 is 2.89 bits per heavy atom. The van der Waals surface area contributed by atoms with Crippen molar-refractivity contribution in [2.24, 2.45) is 0 Å². The van der Waals surface area contributed by atoms with E-state index in [1.807, 2.05) is 18.3 Å². The summed E-state index contributed by atoms with van der Waals surface area (Å²) in [6.45, 7) is 1.99. The minimum absolute atomic E-state index is 0.282. The Bertz CT molecular complexity index is 1000. The Labute approximate surface area is 158 Å². The maximum atomic E-state index is 12.4. The highest BCUT2D eigenvalue weighted by Gasteiger charge is 2.22. The number of nitrogens with zero attached hydrogens (tertiary/aromatic N) is 2. The number of fused-ring (bicyclic) bond motifs is 1. The maximum absolute atomic E-state index is 12.4. The molecule has 27 heavy (non-hydrogen) atoms. The topological polar surface area (TPSA) is 90.1 Å². The number of hydrogen-bond donors (Lipinski definition) is 3. The number of anilines is 1. The van der Waals surface area contributed by atoms with E-state index in [1.165, 1.54) is 0 Å². The summed E-state index contributed by atoms with van der Waals surface area (Å²) in [4.78, 5) is 2.43. The lowest BCUT2D eigenvalue weighted by Gasteiger charge is -2.33. The van der Waals surface area contributed by atoms with E-state index in [-0.39, 0.29) is 6.04 Å². The molecular formula is C19H23N5O2S. The lowest BCUT2D eigenvalue weighted by Crippen LogP contribution is -2.46. The molecule has 8 heteroatoms. The van der Waals surface area contributed by atoms with Crippen LogP contribution in [0.2, 0.25) is 0 Å². The summed E-state index contributed by atoms with van der Waals surface area (Å²) in [6.07, 6.45) is 3.90. The van der Waals surface area contributed by atoms with E-state index in [4.69, 9.17) is 0 Å². The van der Waals surface area contributed by atoms with Crippen molar-refractivity contribution in [2.45, 2.75) is 23.8 Å². The van der Waals surface area contributed by atoms with E-state index in [0.29, 0.717) is 11.6 Å². The number of H-pyrrole nitrogens is 1. The summed E-state index contributed by atoms with van der Waals surface area (Å²) in [5.74, 6) is 0. The molecule has 1 unspecified atom stereocenters. The quantitative estimate of drug-likeness (QED) is 0.606. The molecular weight excluding hydrogens is 362 g/mol. The van der Waals surface area contributed by atoms with Crippen molar-refractivity contribution < 1.29 is 8.42 Å². The summed E-state index contributed by atoms with van der Waals surface area (Å²) >= 11 is 0. The molecule has 142 valence electrons. The van der Waals surface area contributed by atoms with Gasteiger partial charge in [-0.05, 0) is 49.7 Å². The molecule has 0 amide bonds. The van der Waals surface area contributed by atoms with E-state index < -0.39 is 10.0 Å². The van der Waals surface area contributed by atoms with E-state index in [0.717, 1.165) is 42.5 Å². The molecule has 2 heterocycles. The molecule has 0 radical (unpaired) electrons. The molecule has 3 N–H and O–H groups in total. The number of benzene rings is 2. The van der Waals surface area contributed by atoms with Crippen LogP contribution in [-0.4, -0.2) is 49.3 Å². The molecule has 0 bridgehead atoms. The maximum Gasteiger partial charge on any atom is 0.241 e. The highest BCUT2D eigenvalue weighted by atomic mass is 32.2. The normalized spacial score (nSPS) is 18.6. The third-order valence-corrected chi connectivity index (χ3v) is 6.25. The van der Waals surface area contributed by atoms with Crippen LogP contribution < -0.4 is 10.0 Å².